The number of aliphatic hydroxyl groups is 2. The number of halogens is 1. The van der Waals surface area contributed by atoms with Crippen LogP contribution in [0, 0.1) is 12.7 Å². The molecule has 4 heteroatoms. The molecule has 1 rings (SSSR count). The molecule has 90 valence electrons. The SMILES string of the molecule is Cc1cc(CN(C)C(CO)CO)ccc1F. The first-order valence-corrected chi connectivity index (χ1v) is 5.25. The van der Waals surface area contributed by atoms with Gasteiger partial charge in [0.2, 0.25) is 0 Å². The van der Waals surface area contributed by atoms with Crippen LogP contribution in [-0.4, -0.2) is 41.4 Å². The average molecular weight is 227 g/mol. The van der Waals surface area contributed by atoms with Crippen molar-refractivity contribution in [3.8, 4) is 0 Å². The molecule has 16 heavy (non-hydrogen) atoms. The summed E-state index contributed by atoms with van der Waals surface area (Å²) < 4.78 is 13.0. The molecule has 0 aliphatic carbocycles. The molecule has 0 bridgehead atoms. The molecule has 2 N–H and O–H groups in total. The number of likely N-dealkylation sites (N-methyl/N-ethyl adjacent to an activating group) is 1. The number of benzene rings is 1. The summed E-state index contributed by atoms with van der Waals surface area (Å²) in [6, 6.07) is 4.65. The van der Waals surface area contributed by atoms with E-state index in [1.807, 2.05) is 11.9 Å². The second-order valence-electron chi connectivity index (χ2n) is 4.02. The quantitative estimate of drug-likeness (QED) is 0.786. The van der Waals surface area contributed by atoms with Crippen molar-refractivity contribution >= 4 is 0 Å². The van der Waals surface area contributed by atoms with Gasteiger partial charge in [-0.2, -0.15) is 0 Å². The zero-order valence-corrected chi connectivity index (χ0v) is 9.65. The summed E-state index contributed by atoms with van der Waals surface area (Å²) in [7, 11) is 1.82. The van der Waals surface area contributed by atoms with Gasteiger partial charge in [0.1, 0.15) is 5.82 Å². The molecule has 1 aromatic carbocycles. The summed E-state index contributed by atoms with van der Waals surface area (Å²) in [6.45, 7) is 2.11. The van der Waals surface area contributed by atoms with Crippen molar-refractivity contribution < 1.29 is 14.6 Å². The number of rotatable bonds is 5. The number of hydrogen-bond donors (Lipinski definition) is 2. The van der Waals surface area contributed by atoms with E-state index in [1.54, 1.807) is 19.1 Å². The largest absolute Gasteiger partial charge is 0.395 e. The zero-order chi connectivity index (χ0) is 12.1. The van der Waals surface area contributed by atoms with Crippen molar-refractivity contribution in [1.29, 1.82) is 0 Å². The minimum Gasteiger partial charge on any atom is -0.395 e. The highest BCUT2D eigenvalue weighted by molar-refractivity contribution is 5.23. The highest BCUT2D eigenvalue weighted by atomic mass is 19.1. The summed E-state index contributed by atoms with van der Waals surface area (Å²) in [4.78, 5) is 1.84. The van der Waals surface area contributed by atoms with Gasteiger partial charge in [-0.15, -0.1) is 0 Å². The lowest BCUT2D eigenvalue weighted by Gasteiger charge is -2.24. The third kappa shape index (κ3) is 3.27. The maximum absolute atomic E-state index is 13.0. The molecule has 0 aliphatic heterocycles. The lowest BCUT2D eigenvalue weighted by molar-refractivity contribution is 0.0873. The van der Waals surface area contributed by atoms with Crippen LogP contribution in [0.5, 0.6) is 0 Å². The van der Waals surface area contributed by atoms with E-state index in [1.165, 1.54) is 6.07 Å². The molecule has 0 heterocycles. The molecular formula is C12H18FNO2. The highest BCUT2D eigenvalue weighted by Gasteiger charge is 2.12. The zero-order valence-electron chi connectivity index (χ0n) is 9.65. The predicted molar refractivity (Wildman–Crippen MR) is 60.6 cm³/mol. The minimum absolute atomic E-state index is 0.0901. The van der Waals surface area contributed by atoms with Crippen molar-refractivity contribution in [1.82, 2.24) is 4.90 Å². The minimum atomic E-state index is -0.273. The molecule has 1 aromatic rings. The summed E-state index contributed by atoms with van der Waals surface area (Å²) in [5, 5.41) is 18.0. The molecule has 0 amide bonds. The summed E-state index contributed by atoms with van der Waals surface area (Å²) in [5.41, 5.74) is 1.57. The molecular weight excluding hydrogens is 209 g/mol. The lowest BCUT2D eigenvalue weighted by Crippen LogP contribution is -2.37. The number of aliphatic hydroxyl groups excluding tert-OH is 2. The maximum Gasteiger partial charge on any atom is 0.126 e. The van der Waals surface area contributed by atoms with E-state index in [9.17, 15) is 4.39 Å². The van der Waals surface area contributed by atoms with Crippen LogP contribution in [0.4, 0.5) is 4.39 Å². The first-order chi connectivity index (χ1) is 7.58. The monoisotopic (exact) mass is 227 g/mol. The molecule has 0 unspecified atom stereocenters. The van der Waals surface area contributed by atoms with E-state index in [4.69, 9.17) is 10.2 Å². The third-order valence-corrected chi connectivity index (χ3v) is 2.70. The van der Waals surface area contributed by atoms with Crippen LogP contribution in [0.3, 0.4) is 0 Å². The van der Waals surface area contributed by atoms with Gasteiger partial charge in [0, 0.05) is 6.54 Å². The normalized spacial score (nSPS) is 11.4. The van der Waals surface area contributed by atoms with Crippen molar-refractivity contribution in [3.63, 3.8) is 0 Å². The Kier molecular flexibility index (Phi) is 4.86. The van der Waals surface area contributed by atoms with Crippen LogP contribution in [-0.2, 0) is 6.54 Å². The van der Waals surface area contributed by atoms with Crippen LogP contribution in [0.15, 0.2) is 18.2 Å². The van der Waals surface area contributed by atoms with Gasteiger partial charge in [0.15, 0.2) is 0 Å². The Hall–Kier alpha value is -0.970. The van der Waals surface area contributed by atoms with Gasteiger partial charge in [-0.1, -0.05) is 12.1 Å². The van der Waals surface area contributed by atoms with Crippen LogP contribution >= 0.6 is 0 Å². The Labute approximate surface area is 95.1 Å². The number of hydrogen-bond acceptors (Lipinski definition) is 3. The standard InChI is InChI=1S/C12H18FNO2/c1-9-5-10(3-4-12(9)13)6-14(2)11(7-15)8-16/h3-5,11,15-16H,6-8H2,1-2H3. The van der Waals surface area contributed by atoms with Crippen LogP contribution < -0.4 is 0 Å². The van der Waals surface area contributed by atoms with Crippen molar-refractivity contribution in [3.05, 3.63) is 35.1 Å². The van der Waals surface area contributed by atoms with E-state index in [0.29, 0.717) is 12.1 Å². The predicted octanol–water partition coefficient (Wildman–Crippen LogP) is 0.919. The molecule has 0 aliphatic rings. The van der Waals surface area contributed by atoms with Gasteiger partial charge < -0.3 is 10.2 Å². The average Bonchev–Trinajstić information content (AvgIpc) is 2.25. The second-order valence-corrected chi connectivity index (χ2v) is 4.02. The fourth-order valence-corrected chi connectivity index (χ4v) is 1.56. The fourth-order valence-electron chi connectivity index (χ4n) is 1.56. The van der Waals surface area contributed by atoms with E-state index in [0.717, 1.165) is 5.56 Å². The molecule has 0 radical (unpaired) electrons. The fraction of sp³-hybridized carbons (Fsp3) is 0.500. The Morgan fingerprint density at radius 1 is 1.31 bits per heavy atom. The van der Waals surface area contributed by atoms with E-state index >= 15 is 0 Å². The Bertz CT molecular complexity index is 340. The first-order valence-electron chi connectivity index (χ1n) is 5.25. The second kappa shape index (κ2) is 5.94. The van der Waals surface area contributed by atoms with Crippen LogP contribution in [0.25, 0.3) is 0 Å². The topological polar surface area (TPSA) is 43.7 Å². The molecule has 0 fully saturated rings. The molecule has 3 nitrogen and oxygen atoms in total. The smallest absolute Gasteiger partial charge is 0.126 e. The van der Waals surface area contributed by atoms with Gasteiger partial charge in [-0.25, -0.2) is 4.39 Å². The Morgan fingerprint density at radius 3 is 2.44 bits per heavy atom. The van der Waals surface area contributed by atoms with E-state index in [2.05, 4.69) is 0 Å². The van der Waals surface area contributed by atoms with Gasteiger partial charge in [0.25, 0.3) is 0 Å². The van der Waals surface area contributed by atoms with Crippen molar-refractivity contribution in [2.24, 2.45) is 0 Å². The van der Waals surface area contributed by atoms with Crippen LogP contribution in [0.1, 0.15) is 11.1 Å². The number of nitrogens with zero attached hydrogens (tertiary/aromatic N) is 1. The molecule has 0 aromatic heterocycles. The van der Waals surface area contributed by atoms with Gasteiger partial charge in [-0.05, 0) is 31.2 Å². The number of aryl methyl sites for hydroxylation is 1. The summed E-state index contributed by atoms with van der Waals surface area (Å²) in [5.74, 6) is -0.215. The lowest BCUT2D eigenvalue weighted by atomic mass is 10.1. The third-order valence-electron chi connectivity index (χ3n) is 2.70. The highest BCUT2D eigenvalue weighted by Crippen LogP contribution is 2.11. The molecule has 0 saturated carbocycles. The maximum atomic E-state index is 13.0. The van der Waals surface area contributed by atoms with E-state index in [-0.39, 0.29) is 25.1 Å². The molecule has 0 atom stereocenters. The first kappa shape index (κ1) is 13.1. The Morgan fingerprint density at radius 2 is 1.94 bits per heavy atom. The molecule has 0 saturated heterocycles. The summed E-state index contributed by atoms with van der Waals surface area (Å²) in [6.07, 6.45) is 0. The molecule has 0 spiro atoms. The van der Waals surface area contributed by atoms with Gasteiger partial charge in [0.05, 0.1) is 19.3 Å². The van der Waals surface area contributed by atoms with Crippen LogP contribution in [0.2, 0.25) is 0 Å². The Balaban J connectivity index is 2.69. The van der Waals surface area contributed by atoms with Gasteiger partial charge >= 0.3 is 0 Å². The van der Waals surface area contributed by atoms with Gasteiger partial charge in [-0.3, -0.25) is 4.90 Å². The van der Waals surface area contributed by atoms with Crippen molar-refractivity contribution in [2.45, 2.75) is 19.5 Å². The van der Waals surface area contributed by atoms with Crippen molar-refractivity contribution in [2.75, 3.05) is 20.3 Å². The van der Waals surface area contributed by atoms with E-state index < -0.39 is 0 Å². The summed E-state index contributed by atoms with van der Waals surface area (Å²) >= 11 is 0.